The standard InChI is InChI=1S/C21H24N6O3S/c1-14-4-6-18(7-5-14)31(29,30)25-11-10-23-20(28)9-8-19-15(2)26-21-17(12-22)13-24-27(21)16(19)3/h4-7,13,25H,8-11H2,1-3H3,(H,23,28). The fraction of sp³-hybridized carbons (Fsp3) is 0.333. The minimum absolute atomic E-state index is 0.0950. The van der Waals surface area contributed by atoms with Crippen molar-refractivity contribution in [3.63, 3.8) is 0 Å². The molecule has 0 bridgehead atoms. The molecule has 0 unspecified atom stereocenters. The van der Waals surface area contributed by atoms with Gasteiger partial charge in [0.1, 0.15) is 11.6 Å². The number of carbonyl (C=O) groups excluding carboxylic acids is 1. The zero-order valence-corrected chi connectivity index (χ0v) is 18.5. The molecule has 0 saturated heterocycles. The number of carbonyl (C=O) groups is 1. The lowest BCUT2D eigenvalue weighted by atomic mass is 10.1. The monoisotopic (exact) mass is 440 g/mol. The van der Waals surface area contributed by atoms with Gasteiger partial charge in [0.05, 0.1) is 11.1 Å². The molecule has 2 aromatic heterocycles. The van der Waals surface area contributed by atoms with Gasteiger partial charge in [-0.15, -0.1) is 0 Å². The molecule has 9 nitrogen and oxygen atoms in total. The molecule has 3 aromatic rings. The fourth-order valence-electron chi connectivity index (χ4n) is 3.27. The molecule has 0 saturated carbocycles. The van der Waals surface area contributed by atoms with Crippen LogP contribution < -0.4 is 10.0 Å². The van der Waals surface area contributed by atoms with Crippen LogP contribution in [0.3, 0.4) is 0 Å². The Morgan fingerprint density at radius 3 is 2.55 bits per heavy atom. The number of nitriles is 1. The number of aryl methyl sites for hydroxylation is 3. The Kier molecular flexibility index (Phi) is 6.68. The predicted octanol–water partition coefficient (Wildman–Crippen LogP) is 1.55. The van der Waals surface area contributed by atoms with E-state index in [9.17, 15) is 13.2 Å². The first kappa shape index (κ1) is 22.4. The first-order valence-corrected chi connectivity index (χ1v) is 11.3. The van der Waals surface area contributed by atoms with Crippen LogP contribution in [0.25, 0.3) is 5.65 Å². The average molecular weight is 441 g/mol. The third kappa shape index (κ3) is 5.07. The van der Waals surface area contributed by atoms with Crippen molar-refractivity contribution >= 4 is 21.6 Å². The Morgan fingerprint density at radius 2 is 1.87 bits per heavy atom. The van der Waals surface area contributed by atoms with Gasteiger partial charge >= 0.3 is 0 Å². The molecule has 0 aliphatic heterocycles. The summed E-state index contributed by atoms with van der Waals surface area (Å²) >= 11 is 0. The van der Waals surface area contributed by atoms with Gasteiger partial charge in [0.25, 0.3) is 0 Å². The second-order valence-electron chi connectivity index (χ2n) is 7.23. The summed E-state index contributed by atoms with van der Waals surface area (Å²) in [4.78, 5) is 16.9. The van der Waals surface area contributed by atoms with Crippen LogP contribution in [0.4, 0.5) is 0 Å². The topological polar surface area (TPSA) is 129 Å². The van der Waals surface area contributed by atoms with E-state index in [0.717, 1.165) is 22.5 Å². The van der Waals surface area contributed by atoms with Crippen LogP contribution in [0, 0.1) is 32.1 Å². The lowest BCUT2D eigenvalue weighted by Gasteiger charge is -2.11. The Balaban J connectivity index is 1.52. The van der Waals surface area contributed by atoms with Gasteiger partial charge in [-0.05, 0) is 44.9 Å². The summed E-state index contributed by atoms with van der Waals surface area (Å²) in [6.45, 7) is 5.88. The number of amides is 1. The highest BCUT2D eigenvalue weighted by Gasteiger charge is 2.15. The van der Waals surface area contributed by atoms with Crippen molar-refractivity contribution in [3.8, 4) is 6.07 Å². The van der Waals surface area contributed by atoms with Crippen molar-refractivity contribution in [2.75, 3.05) is 13.1 Å². The van der Waals surface area contributed by atoms with E-state index in [-0.39, 0.29) is 30.3 Å². The maximum atomic E-state index is 12.2. The largest absolute Gasteiger partial charge is 0.355 e. The lowest BCUT2D eigenvalue weighted by molar-refractivity contribution is -0.121. The van der Waals surface area contributed by atoms with Crippen LogP contribution in [-0.2, 0) is 21.2 Å². The summed E-state index contributed by atoms with van der Waals surface area (Å²) in [7, 11) is -3.60. The van der Waals surface area contributed by atoms with Crippen LogP contribution in [0.2, 0.25) is 0 Å². The molecular formula is C21H24N6O3S. The van der Waals surface area contributed by atoms with E-state index in [1.807, 2.05) is 20.8 Å². The molecule has 31 heavy (non-hydrogen) atoms. The second-order valence-corrected chi connectivity index (χ2v) is 8.99. The highest BCUT2D eigenvalue weighted by atomic mass is 32.2. The first-order valence-electron chi connectivity index (χ1n) is 9.80. The molecule has 2 heterocycles. The third-order valence-electron chi connectivity index (χ3n) is 5.00. The summed E-state index contributed by atoms with van der Waals surface area (Å²) in [6.07, 6.45) is 2.16. The van der Waals surface area contributed by atoms with Crippen molar-refractivity contribution in [2.24, 2.45) is 0 Å². The Labute approximate surface area is 181 Å². The number of benzene rings is 1. The van der Waals surface area contributed by atoms with E-state index in [2.05, 4.69) is 26.2 Å². The van der Waals surface area contributed by atoms with E-state index in [0.29, 0.717) is 17.6 Å². The van der Waals surface area contributed by atoms with Crippen molar-refractivity contribution in [2.45, 2.75) is 38.5 Å². The predicted molar refractivity (Wildman–Crippen MR) is 115 cm³/mol. The van der Waals surface area contributed by atoms with E-state index in [1.54, 1.807) is 28.8 Å². The Bertz CT molecular complexity index is 1260. The van der Waals surface area contributed by atoms with E-state index in [1.165, 1.54) is 6.20 Å². The molecule has 1 aromatic carbocycles. The van der Waals surface area contributed by atoms with Crippen molar-refractivity contribution < 1.29 is 13.2 Å². The van der Waals surface area contributed by atoms with Gasteiger partial charge in [-0.1, -0.05) is 17.7 Å². The first-order chi connectivity index (χ1) is 14.7. The van der Waals surface area contributed by atoms with Crippen LogP contribution in [0.15, 0.2) is 35.4 Å². The van der Waals surface area contributed by atoms with Gasteiger partial charge < -0.3 is 5.32 Å². The molecule has 10 heteroatoms. The Morgan fingerprint density at radius 1 is 1.16 bits per heavy atom. The number of sulfonamides is 1. The average Bonchev–Trinajstić information content (AvgIpc) is 3.14. The molecule has 2 N–H and O–H groups in total. The molecule has 162 valence electrons. The van der Waals surface area contributed by atoms with Gasteiger partial charge in [0, 0.05) is 30.9 Å². The molecule has 0 atom stereocenters. The quantitative estimate of drug-likeness (QED) is 0.511. The van der Waals surface area contributed by atoms with E-state index in [4.69, 9.17) is 5.26 Å². The van der Waals surface area contributed by atoms with Crippen molar-refractivity contribution in [1.29, 1.82) is 5.26 Å². The lowest BCUT2D eigenvalue weighted by Crippen LogP contribution is -2.34. The molecule has 0 radical (unpaired) electrons. The van der Waals surface area contributed by atoms with E-state index >= 15 is 0 Å². The molecule has 0 fully saturated rings. The summed E-state index contributed by atoms with van der Waals surface area (Å²) < 4.78 is 28.6. The minimum Gasteiger partial charge on any atom is -0.355 e. The highest BCUT2D eigenvalue weighted by molar-refractivity contribution is 7.89. The Hall–Kier alpha value is -3.29. The zero-order valence-electron chi connectivity index (χ0n) is 17.6. The fourth-order valence-corrected chi connectivity index (χ4v) is 4.30. The molecule has 0 aliphatic rings. The number of rotatable bonds is 8. The molecule has 0 spiro atoms. The summed E-state index contributed by atoms with van der Waals surface area (Å²) in [5.74, 6) is -0.188. The maximum absolute atomic E-state index is 12.2. The van der Waals surface area contributed by atoms with E-state index < -0.39 is 10.0 Å². The molecule has 1 amide bonds. The van der Waals surface area contributed by atoms with Gasteiger partial charge in [0.2, 0.25) is 15.9 Å². The smallest absolute Gasteiger partial charge is 0.240 e. The summed E-state index contributed by atoms with van der Waals surface area (Å²) in [5, 5.41) is 16.1. The number of hydrogen-bond donors (Lipinski definition) is 2. The normalized spacial score (nSPS) is 11.4. The SMILES string of the molecule is Cc1ccc(S(=O)(=O)NCCNC(=O)CCc2c(C)nc3c(C#N)cnn3c2C)cc1. The summed E-state index contributed by atoms with van der Waals surface area (Å²) in [6, 6.07) is 8.63. The van der Waals surface area contributed by atoms with Crippen LogP contribution in [-0.4, -0.2) is 42.0 Å². The van der Waals surface area contributed by atoms with Crippen molar-refractivity contribution in [3.05, 3.63) is 58.5 Å². The second kappa shape index (κ2) is 9.24. The maximum Gasteiger partial charge on any atom is 0.240 e. The van der Waals surface area contributed by atoms with Gasteiger partial charge in [-0.3, -0.25) is 4.79 Å². The third-order valence-corrected chi connectivity index (χ3v) is 6.48. The van der Waals surface area contributed by atoms with Gasteiger partial charge in [-0.2, -0.15) is 10.4 Å². The number of aromatic nitrogens is 3. The number of nitrogens with zero attached hydrogens (tertiary/aromatic N) is 4. The minimum atomic E-state index is -3.60. The highest BCUT2D eigenvalue weighted by Crippen LogP contribution is 2.18. The van der Waals surface area contributed by atoms with Crippen LogP contribution >= 0.6 is 0 Å². The molecule has 0 aliphatic carbocycles. The van der Waals surface area contributed by atoms with Gasteiger partial charge in [-0.25, -0.2) is 22.6 Å². The molecular weight excluding hydrogens is 416 g/mol. The van der Waals surface area contributed by atoms with Gasteiger partial charge in [0.15, 0.2) is 5.65 Å². The number of nitrogens with one attached hydrogen (secondary N) is 2. The summed E-state index contributed by atoms with van der Waals surface area (Å²) in [5.41, 5.74) is 4.37. The molecule has 3 rings (SSSR count). The van der Waals surface area contributed by atoms with Crippen molar-refractivity contribution in [1.82, 2.24) is 24.6 Å². The van der Waals surface area contributed by atoms with Crippen LogP contribution in [0.5, 0.6) is 0 Å². The zero-order chi connectivity index (χ0) is 22.6. The number of hydrogen-bond acceptors (Lipinski definition) is 6. The van der Waals surface area contributed by atoms with Crippen LogP contribution in [0.1, 0.15) is 34.5 Å². The number of fused-ring (bicyclic) bond motifs is 1.